The Bertz CT molecular complexity index is 355. The van der Waals surface area contributed by atoms with Crippen LogP contribution in [0.4, 0.5) is 0 Å². The topological polar surface area (TPSA) is 59.0 Å². The van der Waals surface area contributed by atoms with Gasteiger partial charge in [0.2, 0.25) is 0 Å². The number of rotatable bonds is 4. The zero-order valence-corrected chi connectivity index (χ0v) is 9.57. The van der Waals surface area contributed by atoms with E-state index >= 15 is 0 Å². The molecular weight excluding hydrogens is 204 g/mol. The molecule has 0 radical (unpaired) electrons. The van der Waals surface area contributed by atoms with Crippen molar-refractivity contribution in [2.45, 2.75) is 12.8 Å². The van der Waals surface area contributed by atoms with E-state index in [0.717, 1.165) is 26.1 Å². The summed E-state index contributed by atoms with van der Waals surface area (Å²) < 4.78 is 1.63. The van der Waals surface area contributed by atoms with Gasteiger partial charge in [0, 0.05) is 19.8 Å². The van der Waals surface area contributed by atoms with Crippen LogP contribution in [0.3, 0.4) is 0 Å². The first-order chi connectivity index (χ1) is 7.75. The SMILES string of the molecule is Cn1cc(C(=O)NCCC2CCNC2)cn1. The third kappa shape index (κ3) is 2.82. The van der Waals surface area contributed by atoms with Crippen molar-refractivity contribution < 1.29 is 4.79 Å². The molecule has 1 amide bonds. The Kier molecular flexibility index (Phi) is 3.56. The summed E-state index contributed by atoms with van der Waals surface area (Å²) in [5.74, 6) is 0.688. The monoisotopic (exact) mass is 222 g/mol. The van der Waals surface area contributed by atoms with Gasteiger partial charge in [-0.25, -0.2) is 0 Å². The molecule has 16 heavy (non-hydrogen) atoms. The predicted octanol–water partition coefficient (Wildman–Crippen LogP) is 0.150. The van der Waals surface area contributed by atoms with Gasteiger partial charge in [0.25, 0.3) is 5.91 Å². The summed E-state index contributed by atoms with van der Waals surface area (Å²) in [7, 11) is 1.81. The average Bonchev–Trinajstić information content (AvgIpc) is 2.89. The molecule has 1 saturated heterocycles. The molecule has 2 heterocycles. The Morgan fingerprint density at radius 2 is 2.62 bits per heavy atom. The maximum absolute atomic E-state index is 11.7. The van der Waals surface area contributed by atoms with E-state index in [2.05, 4.69) is 15.7 Å². The Hall–Kier alpha value is -1.36. The van der Waals surface area contributed by atoms with E-state index in [1.165, 1.54) is 6.42 Å². The Labute approximate surface area is 95.2 Å². The van der Waals surface area contributed by atoms with E-state index in [-0.39, 0.29) is 5.91 Å². The standard InChI is InChI=1S/C11H18N4O/c1-15-8-10(7-14-15)11(16)13-5-3-9-2-4-12-6-9/h7-9,12H,2-6H2,1H3,(H,13,16). The summed E-state index contributed by atoms with van der Waals surface area (Å²) in [6.07, 6.45) is 5.60. The van der Waals surface area contributed by atoms with Crippen molar-refractivity contribution in [3.8, 4) is 0 Å². The minimum atomic E-state index is -0.0287. The number of nitrogens with one attached hydrogen (secondary N) is 2. The lowest BCUT2D eigenvalue weighted by atomic mass is 10.1. The lowest BCUT2D eigenvalue weighted by Gasteiger charge is -2.08. The second-order valence-electron chi connectivity index (χ2n) is 4.31. The second kappa shape index (κ2) is 5.12. The van der Waals surface area contributed by atoms with E-state index in [9.17, 15) is 4.79 Å². The number of nitrogens with zero attached hydrogens (tertiary/aromatic N) is 2. The third-order valence-corrected chi connectivity index (χ3v) is 2.97. The normalized spacial score (nSPS) is 19.9. The van der Waals surface area contributed by atoms with Gasteiger partial charge < -0.3 is 10.6 Å². The zero-order valence-electron chi connectivity index (χ0n) is 9.57. The largest absolute Gasteiger partial charge is 0.352 e. The molecule has 0 bridgehead atoms. The molecule has 1 unspecified atom stereocenters. The summed E-state index contributed by atoms with van der Waals surface area (Å²) in [6, 6.07) is 0. The fourth-order valence-corrected chi connectivity index (χ4v) is 1.99. The average molecular weight is 222 g/mol. The highest BCUT2D eigenvalue weighted by atomic mass is 16.1. The van der Waals surface area contributed by atoms with Gasteiger partial charge in [-0.1, -0.05) is 0 Å². The summed E-state index contributed by atoms with van der Waals surface area (Å²) in [5, 5.41) is 10.2. The highest BCUT2D eigenvalue weighted by molar-refractivity contribution is 5.93. The van der Waals surface area contributed by atoms with Crippen molar-refractivity contribution >= 4 is 5.91 Å². The summed E-state index contributed by atoms with van der Waals surface area (Å²) >= 11 is 0. The molecule has 0 aliphatic carbocycles. The van der Waals surface area contributed by atoms with Crippen LogP contribution in [-0.4, -0.2) is 35.3 Å². The van der Waals surface area contributed by atoms with Gasteiger partial charge in [0.1, 0.15) is 0 Å². The van der Waals surface area contributed by atoms with Crippen molar-refractivity contribution in [2.24, 2.45) is 13.0 Å². The van der Waals surface area contributed by atoms with Gasteiger partial charge >= 0.3 is 0 Å². The fourth-order valence-electron chi connectivity index (χ4n) is 1.99. The van der Waals surface area contributed by atoms with Crippen LogP contribution in [0.25, 0.3) is 0 Å². The van der Waals surface area contributed by atoms with Gasteiger partial charge in [-0.2, -0.15) is 5.10 Å². The predicted molar refractivity (Wildman–Crippen MR) is 61.1 cm³/mol. The first-order valence-corrected chi connectivity index (χ1v) is 5.73. The molecule has 1 aromatic rings. The molecular formula is C11H18N4O. The minimum absolute atomic E-state index is 0.0287. The van der Waals surface area contributed by atoms with Crippen LogP contribution >= 0.6 is 0 Å². The quantitative estimate of drug-likeness (QED) is 0.762. The smallest absolute Gasteiger partial charge is 0.254 e. The highest BCUT2D eigenvalue weighted by Crippen LogP contribution is 2.10. The van der Waals surface area contributed by atoms with Crippen molar-refractivity contribution in [2.75, 3.05) is 19.6 Å². The molecule has 2 rings (SSSR count). The van der Waals surface area contributed by atoms with E-state index in [1.54, 1.807) is 24.1 Å². The summed E-state index contributed by atoms with van der Waals surface area (Å²) in [6.45, 7) is 2.95. The molecule has 5 heteroatoms. The van der Waals surface area contributed by atoms with Crippen LogP contribution in [0.15, 0.2) is 12.4 Å². The Morgan fingerprint density at radius 3 is 3.25 bits per heavy atom. The van der Waals surface area contributed by atoms with Crippen molar-refractivity contribution in [3.63, 3.8) is 0 Å². The molecule has 0 spiro atoms. The van der Waals surface area contributed by atoms with Crippen molar-refractivity contribution in [1.82, 2.24) is 20.4 Å². The molecule has 0 saturated carbocycles. The lowest BCUT2D eigenvalue weighted by molar-refractivity contribution is 0.0951. The first-order valence-electron chi connectivity index (χ1n) is 5.73. The van der Waals surface area contributed by atoms with Gasteiger partial charge in [0.15, 0.2) is 0 Å². The Morgan fingerprint density at radius 1 is 1.75 bits per heavy atom. The van der Waals surface area contributed by atoms with Gasteiger partial charge in [-0.05, 0) is 31.8 Å². The van der Waals surface area contributed by atoms with E-state index in [1.807, 2.05) is 0 Å². The third-order valence-electron chi connectivity index (χ3n) is 2.97. The Balaban J connectivity index is 1.71. The molecule has 1 fully saturated rings. The minimum Gasteiger partial charge on any atom is -0.352 e. The van der Waals surface area contributed by atoms with Crippen LogP contribution in [0.1, 0.15) is 23.2 Å². The number of amides is 1. The molecule has 1 aliphatic rings. The van der Waals surface area contributed by atoms with Gasteiger partial charge in [-0.15, -0.1) is 0 Å². The number of aromatic nitrogens is 2. The van der Waals surface area contributed by atoms with Gasteiger partial charge in [-0.3, -0.25) is 9.48 Å². The molecule has 5 nitrogen and oxygen atoms in total. The number of carbonyl (C=O) groups is 1. The molecule has 88 valence electrons. The molecule has 0 aromatic carbocycles. The molecule has 1 atom stereocenters. The van der Waals surface area contributed by atoms with E-state index < -0.39 is 0 Å². The van der Waals surface area contributed by atoms with Crippen LogP contribution < -0.4 is 10.6 Å². The van der Waals surface area contributed by atoms with Crippen LogP contribution in [0, 0.1) is 5.92 Å². The molecule has 1 aromatic heterocycles. The van der Waals surface area contributed by atoms with Crippen molar-refractivity contribution in [3.05, 3.63) is 18.0 Å². The first kappa shape index (κ1) is 11.1. The molecule has 1 aliphatic heterocycles. The summed E-state index contributed by atoms with van der Waals surface area (Å²) in [4.78, 5) is 11.7. The number of aryl methyl sites for hydroxylation is 1. The lowest BCUT2D eigenvalue weighted by Crippen LogP contribution is -2.26. The maximum Gasteiger partial charge on any atom is 0.254 e. The number of hydrogen-bond acceptors (Lipinski definition) is 3. The second-order valence-corrected chi connectivity index (χ2v) is 4.31. The summed E-state index contributed by atoms with van der Waals surface area (Å²) in [5.41, 5.74) is 0.632. The zero-order chi connectivity index (χ0) is 11.4. The van der Waals surface area contributed by atoms with Crippen LogP contribution in [0.5, 0.6) is 0 Å². The fraction of sp³-hybridized carbons (Fsp3) is 0.636. The maximum atomic E-state index is 11.7. The highest BCUT2D eigenvalue weighted by Gasteiger charge is 2.14. The van der Waals surface area contributed by atoms with E-state index in [0.29, 0.717) is 11.5 Å². The number of carbonyl (C=O) groups excluding carboxylic acids is 1. The van der Waals surface area contributed by atoms with Crippen LogP contribution in [-0.2, 0) is 7.05 Å². The van der Waals surface area contributed by atoms with Gasteiger partial charge in [0.05, 0.1) is 11.8 Å². The molecule has 2 N–H and O–H groups in total. The number of hydrogen-bond donors (Lipinski definition) is 2. The van der Waals surface area contributed by atoms with Crippen molar-refractivity contribution in [1.29, 1.82) is 0 Å². The van der Waals surface area contributed by atoms with E-state index in [4.69, 9.17) is 0 Å². The van der Waals surface area contributed by atoms with Crippen LogP contribution in [0.2, 0.25) is 0 Å².